The van der Waals surface area contributed by atoms with Crippen LogP contribution in [-0.4, -0.2) is 34.0 Å². The summed E-state index contributed by atoms with van der Waals surface area (Å²) in [6.07, 6.45) is 0.494. The highest BCUT2D eigenvalue weighted by Crippen LogP contribution is 2.31. The Labute approximate surface area is 156 Å². The third-order valence-corrected chi connectivity index (χ3v) is 5.32. The highest BCUT2D eigenvalue weighted by Gasteiger charge is 2.32. The first-order valence-corrected chi connectivity index (χ1v) is 8.91. The number of likely N-dealkylation sites (N-methyl/N-ethyl adjacent to an activating group) is 1. The number of amides is 1. The molecule has 1 aromatic heterocycles. The number of para-hydroxylation sites is 2. The van der Waals surface area contributed by atoms with E-state index < -0.39 is 0 Å². The topological polar surface area (TPSA) is 38.1 Å². The molecule has 0 bridgehead atoms. The highest BCUT2D eigenvalue weighted by molar-refractivity contribution is 6.35. The summed E-state index contributed by atoms with van der Waals surface area (Å²) in [4.78, 5) is 18.6. The molecule has 1 amide bonds. The van der Waals surface area contributed by atoms with Crippen LogP contribution in [0.2, 0.25) is 10.0 Å². The van der Waals surface area contributed by atoms with Crippen LogP contribution in [0.4, 0.5) is 0 Å². The zero-order chi connectivity index (χ0) is 17.6. The maximum atomic E-state index is 12.0. The first-order chi connectivity index (χ1) is 12.0. The first-order valence-electron chi connectivity index (χ1n) is 8.16. The van der Waals surface area contributed by atoms with E-state index in [2.05, 4.69) is 10.6 Å². The Morgan fingerprint density at radius 3 is 2.72 bits per heavy atom. The summed E-state index contributed by atoms with van der Waals surface area (Å²) >= 11 is 12.4. The minimum atomic E-state index is 0.0935. The van der Waals surface area contributed by atoms with Crippen molar-refractivity contribution in [3.63, 3.8) is 0 Å². The average Bonchev–Trinajstić information content (AvgIpc) is 3.11. The van der Waals surface area contributed by atoms with Crippen molar-refractivity contribution in [3.05, 3.63) is 63.9 Å². The van der Waals surface area contributed by atoms with Gasteiger partial charge < -0.3 is 9.47 Å². The maximum Gasteiger partial charge on any atom is 0.223 e. The number of carbonyl (C=O) groups excluding carboxylic acids is 1. The number of hydrogen-bond donors (Lipinski definition) is 0. The fourth-order valence-electron chi connectivity index (χ4n) is 3.43. The summed E-state index contributed by atoms with van der Waals surface area (Å²) in [6, 6.07) is 13.6. The van der Waals surface area contributed by atoms with Crippen molar-refractivity contribution in [2.45, 2.75) is 18.9 Å². The molecular weight excluding hydrogens is 357 g/mol. The van der Waals surface area contributed by atoms with Crippen molar-refractivity contribution >= 4 is 40.1 Å². The Kier molecular flexibility index (Phi) is 4.18. The lowest BCUT2D eigenvalue weighted by Crippen LogP contribution is -2.19. The third kappa shape index (κ3) is 3.00. The predicted octanol–water partition coefficient (Wildman–Crippen LogP) is 4.34. The van der Waals surface area contributed by atoms with Crippen LogP contribution in [-0.2, 0) is 11.3 Å². The number of halogens is 2. The van der Waals surface area contributed by atoms with Gasteiger partial charge in [-0.1, -0.05) is 41.4 Å². The summed E-state index contributed by atoms with van der Waals surface area (Å²) in [5.74, 6) is 1.19. The molecular formula is C19H17Cl2N3O. The predicted molar refractivity (Wildman–Crippen MR) is 100 cm³/mol. The van der Waals surface area contributed by atoms with E-state index in [1.54, 1.807) is 11.0 Å². The molecule has 0 N–H and O–H groups in total. The van der Waals surface area contributed by atoms with Crippen LogP contribution in [0.15, 0.2) is 42.5 Å². The maximum absolute atomic E-state index is 12.0. The van der Waals surface area contributed by atoms with Crippen molar-refractivity contribution in [1.29, 1.82) is 0 Å². The van der Waals surface area contributed by atoms with Gasteiger partial charge in [0.05, 0.1) is 17.6 Å². The molecule has 0 aliphatic carbocycles. The van der Waals surface area contributed by atoms with E-state index in [4.69, 9.17) is 28.2 Å². The third-order valence-electron chi connectivity index (χ3n) is 4.73. The minimum absolute atomic E-state index is 0.0935. The lowest BCUT2D eigenvalue weighted by atomic mass is 10.1. The van der Waals surface area contributed by atoms with Gasteiger partial charge in [0, 0.05) is 36.0 Å². The van der Waals surface area contributed by atoms with Crippen molar-refractivity contribution in [3.8, 4) is 0 Å². The average molecular weight is 374 g/mol. The molecule has 1 atom stereocenters. The standard InChI is InChI=1S/C19H17Cl2N3O/c1-23-10-13(8-18(23)25)19-22-16-4-2-3-5-17(16)24(19)11-12-6-7-14(20)9-15(12)21/h2-7,9,13H,8,10-11H2,1H3/t13-/m1/s1. The van der Waals surface area contributed by atoms with Gasteiger partial charge in [-0.2, -0.15) is 0 Å². The molecule has 0 radical (unpaired) electrons. The normalized spacial score (nSPS) is 17.6. The number of fused-ring (bicyclic) bond motifs is 1. The van der Waals surface area contributed by atoms with E-state index in [0.717, 1.165) is 22.4 Å². The number of likely N-dealkylation sites (tertiary alicyclic amines) is 1. The van der Waals surface area contributed by atoms with E-state index >= 15 is 0 Å². The molecule has 2 aromatic carbocycles. The van der Waals surface area contributed by atoms with Crippen molar-refractivity contribution in [1.82, 2.24) is 14.5 Å². The number of carbonyl (C=O) groups is 1. The Balaban J connectivity index is 1.81. The highest BCUT2D eigenvalue weighted by atomic mass is 35.5. The van der Waals surface area contributed by atoms with Gasteiger partial charge in [0.15, 0.2) is 0 Å². The molecule has 1 aliphatic rings. The lowest BCUT2D eigenvalue weighted by Gasteiger charge is -2.15. The molecule has 6 heteroatoms. The van der Waals surface area contributed by atoms with Crippen LogP contribution in [0.5, 0.6) is 0 Å². The van der Waals surface area contributed by atoms with Gasteiger partial charge in [-0.15, -0.1) is 0 Å². The zero-order valence-electron chi connectivity index (χ0n) is 13.7. The Hall–Kier alpha value is -2.04. The van der Waals surface area contributed by atoms with Gasteiger partial charge in [0.1, 0.15) is 5.82 Å². The smallest absolute Gasteiger partial charge is 0.223 e. The fourth-order valence-corrected chi connectivity index (χ4v) is 3.90. The number of nitrogens with zero attached hydrogens (tertiary/aromatic N) is 3. The van der Waals surface area contributed by atoms with E-state index in [0.29, 0.717) is 29.6 Å². The van der Waals surface area contributed by atoms with Crippen LogP contribution in [0.1, 0.15) is 23.7 Å². The van der Waals surface area contributed by atoms with Gasteiger partial charge >= 0.3 is 0 Å². The zero-order valence-corrected chi connectivity index (χ0v) is 15.3. The second-order valence-electron chi connectivity index (χ2n) is 6.46. The van der Waals surface area contributed by atoms with Crippen molar-refractivity contribution in [2.75, 3.05) is 13.6 Å². The minimum Gasteiger partial charge on any atom is -0.345 e. The molecule has 4 rings (SSSR count). The largest absolute Gasteiger partial charge is 0.345 e. The van der Waals surface area contributed by atoms with Crippen LogP contribution < -0.4 is 0 Å². The van der Waals surface area contributed by atoms with Crippen molar-refractivity contribution in [2.24, 2.45) is 0 Å². The van der Waals surface area contributed by atoms with E-state index in [1.807, 2.05) is 37.4 Å². The molecule has 0 unspecified atom stereocenters. The molecule has 3 aromatic rings. The molecule has 0 saturated carbocycles. The Bertz CT molecular complexity index is 966. The molecule has 0 spiro atoms. The first kappa shape index (κ1) is 16.4. The van der Waals surface area contributed by atoms with Crippen LogP contribution in [0.3, 0.4) is 0 Å². The van der Waals surface area contributed by atoms with Gasteiger partial charge in [-0.25, -0.2) is 4.98 Å². The summed E-state index contributed by atoms with van der Waals surface area (Å²) in [5, 5.41) is 1.25. The van der Waals surface area contributed by atoms with E-state index in [9.17, 15) is 4.79 Å². The fraction of sp³-hybridized carbons (Fsp3) is 0.263. The van der Waals surface area contributed by atoms with Crippen LogP contribution >= 0.6 is 23.2 Å². The molecule has 4 nitrogen and oxygen atoms in total. The van der Waals surface area contributed by atoms with Crippen LogP contribution in [0, 0.1) is 0 Å². The summed E-state index contributed by atoms with van der Waals surface area (Å²) in [5.41, 5.74) is 2.96. The SMILES string of the molecule is CN1C[C@H](c2nc3ccccc3n2Cc2ccc(Cl)cc2Cl)CC1=O. The molecule has 1 saturated heterocycles. The number of aromatic nitrogens is 2. The number of benzene rings is 2. The molecule has 1 aliphatic heterocycles. The molecule has 1 fully saturated rings. The van der Waals surface area contributed by atoms with Gasteiger partial charge in [0.25, 0.3) is 0 Å². The van der Waals surface area contributed by atoms with Gasteiger partial charge in [0.2, 0.25) is 5.91 Å². The van der Waals surface area contributed by atoms with E-state index in [1.165, 1.54) is 0 Å². The Morgan fingerprint density at radius 1 is 1.20 bits per heavy atom. The summed E-state index contributed by atoms with van der Waals surface area (Å²) in [7, 11) is 1.84. The second kappa shape index (κ2) is 6.36. The Morgan fingerprint density at radius 2 is 2.00 bits per heavy atom. The van der Waals surface area contributed by atoms with Crippen molar-refractivity contribution < 1.29 is 4.79 Å². The quantitative estimate of drug-likeness (QED) is 0.684. The van der Waals surface area contributed by atoms with E-state index in [-0.39, 0.29) is 11.8 Å². The van der Waals surface area contributed by atoms with Gasteiger partial charge in [-0.05, 0) is 29.8 Å². The monoisotopic (exact) mass is 373 g/mol. The molecule has 128 valence electrons. The molecule has 2 heterocycles. The number of rotatable bonds is 3. The molecule has 25 heavy (non-hydrogen) atoms. The van der Waals surface area contributed by atoms with Gasteiger partial charge in [-0.3, -0.25) is 4.79 Å². The number of imidazole rings is 1. The number of hydrogen-bond acceptors (Lipinski definition) is 2. The summed E-state index contributed by atoms with van der Waals surface area (Å²) < 4.78 is 2.17. The second-order valence-corrected chi connectivity index (χ2v) is 7.30. The summed E-state index contributed by atoms with van der Waals surface area (Å²) in [6.45, 7) is 1.29. The van der Waals surface area contributed by atoms with Crippen LogP contribution in [0.25, 0.3) is 11.0 Å². The lowest BCUT2D eigenvalue weighted by molar-refractivity contribution is -0.126.